The Hall–Kier alpha value is -1.14. The lowest BCUT2D eigenvalue weighted by molar-refractivity contribution is 0.00498. The molecule has 1 aliphatic heterocycles. The third-order valence-corrected chi connectivity index (χ3v) is 5.29. The number of aromatic amines is 1. The summed E-state index contributed by atoms with van der Waals surface area (Å²) < 4.78 is 6.90. The molecule has 3 N–H and O–H groups in total. The van der Waals surface area contributed by atoms with E-state index in [1.807, 2.05) is 0 Å². The van der Waals surface area contributed by atoms with E-state index < -0.39 is 42.6 Å². The van der Waals surface area contributed by atoms with Crippen LogP contribution in [0.5, 0.6) is 0 Å². The van der Waals surface area contributed by atoms with Gasteiger partial charge in [-0.25, -0.2) is 4.79 Å². The van der Waals surface area contributed by atoms with Crippen LogP contribution in [-0.4, -0.2) is 63.9 Å². The molecule has 1 aliphatic rings. The molecule has 7 nitrogen and oxygen atoms in total. The molecule has 0 aliphatic carbocycles. The van der Waals surface area contributed by atoms with Gasteiger partial charge in [0, 0.05) is 13.2 Å². The average molecular weight is 330 g/mol. The van der Waals surface area contributed by atoms with Crippen molar-refractivity contribution in [2.24, 2.45) is 7.05 Å². The highest BCUT2D eigenvalue weighted by molar-refractivity contribution is 7.72. The van der Waals surface area contributed by atoms with Gasteiger partial charge in [-0.3, -0.25) is 9.78 Å². The van der Waals surface area contributed by atoms with Crippen molar-refractivity contribution in [3.63, 3.8) is 0 Å². The van der Waals surface area contributed by atoms with Crippen LogP contribution in [0.3, 0.4) is 0 Å². The third-order valence-electron chi connectivity index (χ3n) is 3.82. The van der Waals surface area contributed by atoms with Gasteiger partial charge < -0.3 is 19.5 Å². The lowest BCUT2D eigenvalue weighted by Gasteiger charge is -2.18. The van der Waals surface area contributed by atoms with E-state index in [0.29, 0.717) is 6.42 Å². The molecular formula is C14H23N2O5P. The van der Waals surface area contributed by atoms with Crippen molar-refractivity contribution in [3.8, 4) is 0 Å². The van der Waals surface area contributed by atoms with Gasteiger partial charge in [-0.05, 0) is 25.9 Å². The Balaban J connectivity index is 2.23. The van der Waals surface area contributed by atoms with Crippen LogP contribution < -0.4 is 11.2 Å². The molecular weight excluding hydrogens is 307 g/mol. The lowest BCUT2D eigenvalue weighted by Crippen LogP contribution is -2.35. The smallest absolute Gasteiger partial charge is 0.328 e. The summed E-state index contributed by atoms with van der Waals surface area (Å²) in [7, 11) is 1.49. The number of aliphatic hydroxyl groups excluding tert-OH is 2. The van der Waals surface area contributed by atoms with Gasteiger partial charge in [0.1, 0.15) is 18.3 Å². The van der Waals surface area contributed by atoms with Crippen molar-refractivity contribution < 1.29 is 14.9 Å². The molecule has 2 rings (SSSR count). The summed E-state index contributed by atoms with van der Waals surface area (Å²) in [6, 6.07) is 0. The Morgan fingerprint density at radius 2 is 2.00 bits per heavy atom. The number of nitrogens with zero attached hydrogens (tertiary/aromatic N) is 1. The predicted octanol–water partition coefficient (Wildman–Crippen LogP) is -0.665. The van der Waals surface area contributed by atoms with Crippen molar-refractivity contribution in [1.29, 1.82) is 0 Å². The number of ether oxygens (including phenoxy) is 1. The third kappa shape index (κ3) is 3.60. The molecule has 1 aromatic rings. The van der Waals surface area contributed by atoms with Crippen LogP contribution in [-0.2, 0) is 11.8 Å². The van der Waals surface area contributed by atoms with Crippen molar-refractivity contribution in [2.75, 3.05) is 19.5 Å². The van der Waals surface area contributed by atoms with Crippen LogP contribution in [0.25, 0.3) is 0 Å². The molecule has 0 amide bonds. The summed E-state index contributed by atoms with van der Waals surface area (Å²) in [5, 5.41) is 20.3. The van der Waals surface area contributed by atoms with Gasteiger partial charge >= 0.3 is 5.69 Å². The van der Waals surface area contributed by atoms with Gasteiger partial charge in [0.15, 0.2) is 0 Å². The quantitative estimate of drug-likeness (QED) is 0.636. The number of rotatable bonds is 4. The first-order valence-electron chi connectivity index (χ1n) is 7.09. The summed E-state index contributed by atoms with van der Waals surface area (Å²) in [5.41, 5.74) is -1.01. The van der Waals surface area contributed by atoms with Crippen LogP contribution in [0.2, 0.25) is 0 Å². The fourth-order valence-electron chi connectivity index (χ4n) is 2.51. The Morgan fingerprint density at radius 1 is 1.36 bits per heavy atom. The number of hydrogen-bond donors (Lipinski definition) is 3. The van der Waals surface area contributed by atoms with Crippen molar-refractivity contribution >= 4 is 13.2 Å². The van der Waals surface area contributed by atoms with Crippen molar-refractivity contribution in [2.45, 2.75) is 30.8 Å². The highest BCUT2D eigenvalue weighted by Gasteiger charge is 2.44. The van der Waals surface area contributed by atoms with E-state index in [1.54, 1.807) is 0 Å². The summed E-state index contributed by atoms with van der Waals surface area (Å²) in [5.74, 6) is 0. The second kappa shape index (κ2) is 6.16. The minimum absolute atomic E-state index is 0.139. The maximum atomic E-state index is 11.9. The van der Waals surface area contributed by atoms with Crippen LogP contribution in [0.15, 0.2) is 15.8 Å². The van der Waals surface area contributed by atoms with Gasteiger partial charge in [0.2, 0.25) is 0 Å². The first kappa shape index (κ1) is 17.2. The molecule has 0 bridgehead atoms. The van der Waals surface area contributed by atoms with Crippen LogP contribution in [0, 0.1) is 0 Å². The maximum absolute atomic E-state index is 11.9. The average Bonchev–Trinajstić information content (AvgIpc) is 2.68. The SMILES string of the molecule is C=P(C)(C)CC[C@H]1OC(c2cn(C)c(=O)[nH]c2=O)[C@H](O)[C@@H]1O. The largest absolute Gasteiger partial charge is 0.388 e. The molecule has 2 heterocycles. The maximum Gasteiger partial charge on any atom is 0.328 e. The zero-order chi connectivity index (χ0) is 16.7. The van der Waals surface area contributed by atoms with E-state index in [-0.39, 0.29) is 5.56 Å². The Labute approximate surface area is 128 Å². The van der Waals surface area contributed by atoms with E-state index >= 15 is 0 Å². The molecule has 0 aromatic carbocycles. The Morgan fingerprint density at radius 3 is 2.59 bits per heavy atom. The molecule has 124 valence electrons. The first-order valence-corrected chi connectivity index (χ1v) is 10.1. The number of aryl methyl sites for hydroxylation is 1. The number of aliphatic hydroxyl groups is 2. The van der Waals surface area contributed by atoms with E-state index in [9.17, 15) is 19.8 Å². The second-order valence-electron chi connectivity index (χ2n) is 6.48. The predicted molar refractivity (Wildman–Crippen MR) is 87.3 cm³/mol. The number of hydrogen-bond acceptors (Lipinski definition) is 5. The molecule has 1 fully saturated rings. The van der Waals surface area contributed by atoms with Gasteiger partial charge in [-0.15, -0.1) is 13.2 Å². The zero-order valence-corrected chi connectivity index (χ0v) is 13.9. The summed E-state index contributed by atoms with van der Waals surface area (Å²) in [6.45, 7) is 2.90. The lowest BCUT2D eigenvalue weighted by atomic mass is 10.0. The van der Waals surface area contributed by atoms with Crippen LogP contribution in [0.1, 0.15) is 18.1 Å². The van der Waals surface area contributed by atoms with E-state index in [2.05, 4.69) is 24.6 Å². The highest BCUT2D eigenvalue weighted by Crippen LogP contribution is 2.40. The molecule has 0 radical (unpaired) electrons. The minimum atomic E-state index is -1.27. The van der Waals surface area contributed by atoms with Crippen molar-refractivity contribution in [3.05, 3.63) is 32.6 Å². The van der Waals surface area contributed by atoms with E-state index in [4.69, 9.17) is 4.74 Å². The minimum Gasteiger partial charge on any atom is -0.388 e. The fraction of sp³-hybridized carbons (Fsp3) is 0.643. The van der Waals surface area contributed by atoms with E-state index in [0.717, 1.165) is 6.16 Å². The van der Waals surface area contributed by atoms with Crippen molar-refractivity contribution in [1.82, 2.24) is 9.55 Å². The molecule has 1 saturated heterocycles. The molecule has 1 aromatic heterocycles. The van der Waals surface area contributed by atoms with Gasteiger partial charge in [-0.2, -0.15) is 0 Å². The van der Waals surface area contributed by atoms with Gasteiger partial charge in [0.25, 0.3) is 5.56 Å². The summed E-state index contributed by atoms with van der Waals surface area (Å²) in [6.07, 6.45) is 3.08. The molecule has 0 saturated carbocycles. The number of H-pyrrole nitrogens is 1. The molecule has 22 heavy (non-hydrogen) atoms. The Kier molecular flexibility index (Phi) is 4.82. The topological polar surface area (TPSA) is 105 Å². The highest BCUT2D eigenvalue weighted by atomic mass is 31.2. The van der Waals surface area contributed by atoms with Crippen LogP contribution >= 0.6 is 6.89 Å². The van der Waals surface area contributed by atoms with Gasteiger partial charge in [0.05, 0.1) is 11.7 Å². The second-order valence-corrected chi connectivity index (χ2v) is 10.8. The summed E-state index contributed by atoms with van der Waals surface area (Å²) >= 11 is 0. The monoisotopic (exact) mass is 330 g/mol. The Bertz CT molecular complexity index is 704. The first-order chi connectivity index (χ1) is 10.1. The molecule has 4 atom stereocenters. The molecule has 8 heteroatoms. The van der Waals surface area contributed by atoms with Gasteiger partial charge in [-0.1, -0.05) is 0 Å². The molecule has 1 unspecified atom stereocenters. The number of aromatic nitrogens is 2. The summed E-state index contributed by atoms with van der Waals surface area (Å²) in [4.78, 5) is 25.5. The normalized spacial score (nSPS) is 29.0. The van der Waals surface area contributed by atoms with Crippen LogP contribution in [0.4, 0.5) is 0 Å². The van der Waals surface area contributed by atoms with E-state index in [1.165, 1.54) is 17.8 Å². The molecule has 0 spiro atoms. The zero-order valence-electron chi connectivity index (χ0n) is 13.0. The number of nitrogens with one attached hydrogen (secondary N) is 1. The standard InChI is InChI=1S/C14H23N2O5P/c1-16-7-8(13(19)15-14(16)20)12-11(18)10(17)9(21-12)5-6-22(2,3)4/h7,9-12,17-18H,2,5-6H2,1,3-4H3,(H,15,19,20)/t9-,10-,11-,12?/m1/s1. The fourth-order valence-corrected chi connectivity index (χ4v) is 3.46.